The zero-order chi connectivity index (χ0) is 13.4. The van der Waals surface area contributed by atoms with E-state index in [0.717, 1.165) is 18.2 Å². The summed E-state index contributed by atoms with van der Waals surface area (Å²) in [4.78, 5) is 28.9. The molecule has 0 unspecified atom stereocenters. The summed E-state index contributed by atoms with van der Waals surface area (Å²) >= 11 is 0. The summed E-state index contributed by atoms with van der Waals surface area (Å²) < 4.78 is 0. The number of rotatable bonds is 3. The second kappa shape index (κ2) is 8.91. The average Bonchev–Trinajstić information content (AvgIpc) is 2.29. The van der Waals surface area contributed by atoms with Gasteiger partial charge in [-0.1, -0.05) is 18.7 Å². The van der Waals surface area contributed by atoms with Crippen molar-refractivity contribution in [2.45, 2.75) is 0 Å². The molecule has 0 amide bonds. The predicted molar refractivity (Wildman–Crippen MR) is 52.6 cm³/mol. The Bertz CT molecular complexity index is 426. The number of carboxylic acids is 2. The van der Waals surface area contributed by atoms with Crippen LogP contribution in [0.3, 0.4) is 0 Å². The molecule has 0 radical (unpaired) electrons. The predicted octanol–water partition coefficient (Wildman–Crippen LogP) is -1.12. The van der Waals surface area contributed by atoms with E-state index in [1.54, 1.807) is 0 Å². The minimum atomic E-state index is -1.54. The molecule has 8 heteroatoms. The van der Waals surface area contributed by atoms with E-state index in [-0.39, 0.29) is 17.1 Å². The van der Waals surface area contributed by atoms with Crippen molar-refractivity contribution in [3.05, 3.63) is 52.6 Å². The summed E-state index contributed by atoms with van der Waals surface area (Å²) in [7, 11) is 0. The molecule has 0 N–H and O–H groups in total. The first kappa shape index (κ1) is 18.2. The van der Waals surface area contributed by atoms with Gasteiger partial charge in [0, 0.05) is 6.07 Å². The van der Waals surface area contributed by atoms with Gasteiger partial charge in [-0.3, -0.25) is 10.1 Å². The molecule has 0 bridgehead atoms. The van der Waals surface area contributed by atoms with Crippen LogP contribution in [-0.4, -0.2) is 16.9 Å². The van der Waals surface area contributed by atoms with E-state index in [0.29, 0.717) is 0 Å². The molecule has 1 rings (SSSR count). The van der Waals surface area contributed by atoms with Crippen molar-refractivity contribution in [3.8, 4) is 0 Å². The zero-order valence-electron chi connectivity index (χ0n) is 8.79. The van der Waals surface area contributed by atoms with Crippen molar-refractivity contribution in [1.29, 1.82) is 0 Å². The molecule has 1 aromatic rings. The van der Waals surface area contributed by atoms with Crippen LogP contribution in [0.2, 0.25) is 0 Å². The molecule has 0 aliphatic heterocycles. The van der Waals surface area contributed by atoms with Crippen molar-refractivity contribution >= 4 is 17.6 Å². The van der Waals surface area contributed by atoms with E-state index >= 15 is 0 Å². The van der Waals surface area contributed by atoms with Crippen LogP contribution in [0.1, 0.15) is 10.4 Å². The maximum Gasteiger partial charge on any atom is 1.00 e. The molecule has 0 atom stereocenters. The van der Waals surface area contributed by atoms with Gasteiger partial charge < -0.3 is 19.8 Å². The number of carboxylic acid groups (broad SMARTS) is 2. The summed E-state index contributed by atoms with van der Waals surface area (Å²) in [5.41, 5.74) is -0.847. The van der Waals surface area contributed by atoms with Gasteiger partial charge in [0.1, 0.15) is 0 Å². The Morgan fingerprint density at radius 3 is 1.94 bits per heavy atom. The van der Waals surface area contributed by atoms with Gasteiger partial charge in [0.25, 0.3) is 5.69 Å². The van der Waals surface area contributed by atoms with E-state index in [1.807, 2.05) is 0 Å². The number of aromatic carboxylic acids is 1. The number of benzene rings is 1. The summed E-state index contributed by atoms with van der Waals surface area (Å²) in [5, 5.41) is 29.7. The second-order valence-electron chi connectivity index (χ2n) is 2.58. The Hall–Kier alpha value is -2.18. The summed E-state index contributed by atoms with van der Waals surface area (Å²) in [6.45, 7) is 2.90. The number of nitro groups is 1. The van der Waals surface area contributed by atoms with Gasteiger partial charge in [-0.15, -0.1) is 0 Å². The second-order valence-corrected chi connectivity index (χ2v) is 2.58. The van der Waals surface area contributed by atoms with E-state index in [4.69, 9.17) is 9.90 Å². The van der Waals surface area contributed by atoms with E-state index in [2.05, 4.69) is 6.58 Å². The minimum absolute atomic E-state index is 0. The van der Waals surface area contributed by atoms with E-state index in [1.165, 1.54) is 12.1 Å². The zero-order valence-corrected chi connectivity index (χ0v) is 9.73. The maximum absolute atomic E-state index is 10.3. The number of hydrogen-bond donors (Lipinski definition) is 0. The number of nitrogens with zero attached hydrogens (tertiary/aromatic N) is 1. The fraction of sp³-hybridized carbons (Fsp3) is 0. The average molecular weight is 301 g/mol. The van der Waals surface area contributed by atoms with Gasteiger partial charge in [0.05, 0.1) is 22.4 Å². The van der Waals surface area contributed by atoms with Gasteiger partial charge in [-0.25, -0.2) is 0 Å². The number of para-hydroxylation sites is 1. The molecule has 0 saturated carbocycles. The Kier molecular flexibility index (Phi) is 9.01. The summed E-state index contributed by atoms with van der Waals surface area (Å²) in [5.74, 6) is -2.77. The number of aliphatic carboxylic acids is 1. The molecule has 0 heterocycles. The van der Waals surface area contributed by atoms with Gasteiger partial charge in [0.2, 0.25) is 0 Å². The standard InChI is InChI=1S/C7H5NO4.C3H4O2.Cu/c9-7(10)5-3-1-2-4-6(5)8(11)12;1-2-3(4)5;/h1-4H,(H,9,10);2H,1H2,(H,4,5);/q;;+1/p-2. The van der Waals surface area contributed by atoms with Gasteiger partial charge >= 0.3 is 17.1 Å². The molecule has 0 aromatic heterocycles. The van der Waals surface area contributed by atoms with Crippen LogP contribution in [0, 0.1) is 10.1 Å². The number of carbonyl (C=O) groups is 2. The van der Waals surface area contributed by atoms with Crippen molar-refractivity contribution in [2.75, 3.05) is 0 Å². The minimum Gasteiger partial charge on any atom is -0.545 e. The quantitative estimate of drug-likeness (QED) is 0.301. The smallest absolute Gasteiger partial charge is 0.545 e. The van der Waals surface area contributed by atoms with Crippen LogP contribution in [0.25, 0.3) is 0 Å². The molecular weight excluding hydrogens is 294 g/mol. The molecule has 0 aliphatic carbocycles. The van der Waals surface area contributed by atoms with Crippen LogP contribution in [0.5, 0.6) is 0 Å². The van der Waals surface area contributed by atoms with E-state index < -0.39 is 28.1 Å². The molecule has 7 nitrogen and oxygen atoms in total. The summed E-state index contributed by atoms with van der Waals surface area (Å²) in [6.07, 6.45) is 0.722. The molecule has 0 saturated heterocycles. The molecule has 18 heavy (non-hydrogen) atoms. The largest absolute Gasteiger partial charge is 1.00 e. The van der Waals surface area contributed by atoms with Crippen molar-refractivity contribution in [3.63, 3.8) is 0 Å². The Morgan fingerprint density at radius 2 is 1.67 bits per heavy atom. The molecular formula is C10H7CuNO6-. The van der Waals surface area contributed by atoms with Crippen LogP contribution >= 0.6 is 0 Å². The van der Waals surface area contributed by atoms with Crippen molar-refractivity contribution in [1.82, 2.24) is 0 Å². The third kappa shape index (κ3) is 6.41. The van der Waals surface area contributed by atoms with Gasteiger partial charge in [-0.05, 0) is 12.1 Å². The fourth-order valence-electron chi connectivity index (χ4n) is 0.805. The molecule has 100 valence electrons. The SMILES string of the molecule is C=CC(=O)[O-].O=C([O-])c1ccccc1[N+](=O)[O-].[Cu+]. The molecule has 0 aliphatic rings. The number of carbonyl (C=O) groups excluding carboxylic acids is 2. The molecule has 1 aromatic carbocycles. The van der Waals surface area contributed by atoms with Crippen molar-refractivity contribution < 1.29 is 41.8 Å². The van der Waals surface area contributed by atoms with Gasteiger partial charge in [0.15, 0.2) is 0 Å². The van der Waals surface area contributed by atoms with Crippen LogP contribution in [-0.2, 0) is 21.9 Å². The van der Waals surface area contributed by atoms with Crippen LogP contribution < -0.4 is 10.2 Å². The Balaban J connectivity index is 0. The van der Waals surface area contributed by atoms with Gasteiger partial charge in [-0.2, -0.15) is 0 Å². The Labute approximate surface area is 112 Å². The maximum atomic E-state index is 10.3. The number of nitro benzene ring substituents is 1. The Morgan fingerprint density at radius 1 is 1.22 bits per heavy atom. The first-order valence-corrected chi connectivity index (χ1v) is 4.18. The topological polar surface area (TPSA) is 123 Å². The first-order valence-electron chi connectivity index (χ1n) is 4.18. The van der Waals surface area contributed by atoms with E-state index in [9.17, 15) is 20.0 Å². The summed E-state index contributed by atoms with van der Waals surface area (Å²) in [6, 6.07) is 5.04. The monoisotopic (exact) mass is 300 g/mol. The molecule has 0 fully saturated rings. The number of hydrogen-bond acceptors (Lipinski definition) is 6. The van der Waals surface area contributed by atoms with Crippen LogP contribution in [0.4, 0.5) is 5.69 Å². The van der Waals surface area contributed by atoms with Crippen molar-refractivity contribution in [2.24, 2.45) is 0 Å². The third-order valence-corrected chi connectivity index (χ3v) is 1.49. The van der Waals surface area contributed by atoms with Crippen LogP contribution in [0.15, 0.2) is 36.9 Å². The fourth-order valence-corrected chi connectivity index (χ4v) is 0.805. The molecule has 0 spiro atoms. The third-order valence-electron chi connectivity index (χ3n) is 1.49. The first-order chi connectivity index (χ1) is 7.90. The normalized spacial score (nSPS) is 8.00.